The molecule has 0 aliphatic rings. The predicted octanol–water partition coefficient (Wildman–Crippen LogP) is 2.34. The summed E-state index contributed by atoms with van der Waals surface area (Å²) < 4.78 is 5.20. The lowest BCUT2D eigenvalue weighted by molar-refractivity contribution is -0.131. The van der Waals surface area contributed by atoms with Gasteiger partial charge in [-0.25, -0.2) is 4.79 Å². The van der Waals surface area contributed by atoms with Crippen LogP contribution in [0.5, 0.6) is 0 Å². The topological polar surface area (TPSA) is 58.6 Å². The van der Waals surface area contributed by atoms with Gasteiger partial charge in [0.05, 0.1) is 0 Å². The summed E-state index contributed by atoms with van der Waals surface area (Å²) in [4.78, 5) is 25.5. The zero-order chi connectivity index (χ0) is 15.3. The molecule has 0 aliphatic heterocycles. The van der Waals surface area contributed by atoms with Gasteiger partial charge in [-0.2, -0.15) is 0 Å². The van der Waals surface area contributed by atoms with Gasteiger partial charge in [0, 0.05) is 14.1 Å². The van der Waals surface area contributed by atoms with Gasteiger partial charge in [0.15, 0.2) is 0 Å². The maximum absolute atomic E-state index is 12.2. The van der Waals surface area contributed by atoms with Crippen LogP contribution in [-0.4, -0.2) is 36.6 Å². The highest BCUT2D eigenvalue weighted by Crippen LogP contribution is 2.16. The van der Waals surface area contributed by atoms with Crippen LogP contribution in [0.2, 0.25) is 0 Å². The summed E-state index contributed by atoms with van der Waals surface area (Å²) in [5.41, 5.74) is 0.115. The first-order valence-corrected chi connectivity index (χ1v) is 6.46. The Morgan fingerprint density at radius 1 is 1.15 bits per heavy atom. The van der Waals surface area contributed by atoms with Gasteiger partial charge >= 0.3 is 6.09 Å². The number of likely N-dealkylation sites (N-methyl/N-ethyl adjacent to an activating group) is 1. The summed E-state index contributed by atoms with van der Waals surface area (Å²) >= 11 is 0. The van der Waals surface area contributed by atoms with Crippen LogP contribution < -0.4 is 5.32 Å². The van der Waals surface area contributed by atoms with Crippen molar-refractivity contribution in [1.29, 1.82) is 0 Å². The quantitative estimate of drug-likeness (QED) is 0.923. The molecule has 5 nitrogen and oxygen atoms in total. The Morgan fingerprint density at radius 3 is 2.15 bits per heavy atom. The highest BCUT2D eigenvalue weighted by atomic mass is 16.6. The Labute approximate surface area is 119 Å². The predicted molar refractivity (Wildman–Crippen MR) is 77.2 cm³/mol. The third-order valence-corrected chi connectivity index (χ3v) is 2.48. The summed E-state index contributed by atoms with van der Waals surface area (Å²) in [6.45, 7) is 5.33. The molecular weight excluding hydrogens is 256 g/mol. The van der Waals surface area contributed by atoms with E-state index in [1.165, 1.54) is 4.90 Å². The van der Waals surface area contributed by atoms with Crippen LogP contribution in [0.4, 0.5) is 4.79 Å². The van der Waals surface area contributed by atoms with Crippen molar-refractivity contribution in [3.05, 3.63) is 35.9 Å². The van der Waals surface area contributed by atoms with Crippen molar-refractivity contribution in [1.82, 2.24) is 10.2 Å². The lowest BCUT2D eigenvalue weighted by Gasteiger charge is -2.25. The second-order valence-corrected chi connectivity index (χ2v) is 5.72. The number of ether oxygens (including phenoxy) is 1. The summed E-state index contributed by atoms with van der Waals surface area (Å²) in [7, 11) is 3.30. The highest BCUT2D eigenvalue weighted by Gasteiger charge is 2.26. The number of carbonyl (C=O) groups is 2. The van der Waals surface area contributed by atoms with Crippen LogP contribution in [0.3, 0.4) is 0 Å². The van der Waals surface area contributed by atoms with E-state index >= 15 is 0 Å². The Balaban J connectivity index is 2.90. The maximum Gasteiger partial charge on any atom is 0.408 e. The van der Waals surface area contributed by atoms with E-state index < -0.39 is 17.7 Å². The molecule has 0 aromatic heterocycles. The minimum atomic E-state index is -0.749. The lowest BCUT2D eigenvalue weighted by atomic mass is 10.1. The summed E-state index contributed by atoms with van der Waals surface area (Å²) in [6, 6.07) is 8.34. The minimum absolute atomic E-state index is 0.206. The molecule has 1 N–H and O–H groups in total. The van der Waals surface area contributed by atoms with Crippen LogP contribution in [0, 0.1) is 0 Å². The number of carbonyl (C=O) groups excluding carboxylic acids is 2. The largest absolute Gasteiger partial charge is 0.444 e. The van der Waals surface area contributed by atoms with Gasteiger partial charge in [0.1, 0.15) is 11.6 Å². The molecule has 0 bridgehead atoms. The molecule has 0 saturated heterocycles. The Hall–Kier alpha value is -2.04. The van der Waals surface area contributed by atoms with Crippen molar-refractivity contribution in [2.24, 2.45) is 0 Å². The molecule has 1 unspecified atom stereocenters. The average Bonchev–Trinajstić information content (AvgIpc) is 2.34. The van der Waals surface area contributed by atoms with Crippen LogP contribution in [-0.2, 0) is 9.53 Å². The first-order chi connectivity index (χ1) is 9.20. The fourth-order valence-corrected chi connectivity index (χ4v) is 1.62. The first-order valence-electron chi connectivity index (χ1n) is 6.46. The van der Waals surface area contributed by atoms with Crippen LogP contribution in [0.1, 0.15) is 32.4 Å². The number of alkyl carbamates (subject to hydrolysis) is 1. The zero-order valence-corrected chi connectivity index (χ0v) is 12.6. The second-order valence-electron chi connectivity index (χ2n) is 5.72. The molecule has 1 atom stereocenters. The molecule has 0 radical (unpaired) electrons. The van der Waals surface area contributed by atoms with E-state index in [2.05, 4.69) is 5.32 Å². The van der Waals surface area contributed by atoms with Crippen molar-refractivity contribution in [3.63, 3.8) is 0 Å². The zero-order valence-electron chi connectivity index (χ0n) is 12.6. The summed E-state index contributed by atoms with van der Waals surface area (Å²) in [5.74, 6) is -0.206. The fraction of sp³-hybridized carbons (Fsp3) is 0.467. The molecule has 1 aromatic rings. The van der Waals surface area contributed by atoms with Crippen LogP contribution in [0.25, 0.3) is 0 Å². The summed E-state index contributed by atoms with van der Waals surface area (Å²) in [6.07, 6.45) is -0.610. The van der Waals surface area contributed by atoms with E-state index in [0.29, 0.717) is 0 Å². The van der Waals surface area contributed by atoms with Crippen LogP contribution in [0.15, 0.2) is 30.3 Å². The standard InChI is InChI=1S/C15H22N2O3/c1-15(2,3)20-14(19)16-12(13(18)17(4)5)11-9-7-6-8-10-11/h6-10,12H,1-5H3,(H,16,19). The number of rotatable bonds is 3. The molecule has 0 saturated carbocycles. The monoisotopic (exact) mass is 278 g/mol. The fourth-order valence-electron chi connectivity index (χ4n) is 1.62. The molecule has 1 aromatic carbocycles. The number of nitrogens with zero attached hydrogens (tertiary/aromatic N) is 1. The first kappa shape index (κ1) is 16.0. The Kier molecular flexibility index (Phi) is 5.13. The third kappa shape index (κ3) is 4.91. The van der Waals surface area contributed by atoms with Gasteiger partial charge in [-0.15, -0.1) is 0 Å². The third-order valence-electron chi connectivity index (χ3n) is 2.48. The molecule has 2 amide bonds. The molecule has 0 aliphatic carbocycles. The number of nitrogens with one attached hydrogen (secondary N) is 1. The second kappa shape index (κ2) is 6.41. The Morgan fingerprint density at radius 2 is 1.70 bits per heavy atom. The Bertz CT molecular complexity index is 464. The smallest absolute Gasteiger partial charge is 0.408 e. The van der Waals surface area contributed by atoms with Crippen molar-refractivity contribution in [3.8, 4) is 0 Å². The molecule has 110 valence electrons. The molecule has 0 spiro atoms. The van der Waals surface area contributed by atoms with E-state index in [1.807, 2.05) is 18.2 Å². The molecule has 20 heavy (non-hydrogen) atoms. The van der Waals surface area contributed by atoms with Gasteiger partial charge in [0.25, 0.3) is 0 Å². The van der Waals surface area contributed by atoms with Crippen molar-refractivity contribution < 1.29 is 14.3 Å². The lowest BCUT2D eigenvalue weighted by Crippen LogP contribution is -2.42. The van der Waals surface area contributed by atoms with E-state index in [4.69, 9.17) is 4.74 Å². The van der Waals surface area contributed by atoms with E-state index in [9.17, 15) is 9.59 Å². The molecule has 0 fully saturated rings. The van der Waals surface area contributed by atoms with Gasteiger partial charge in [-0.1, -0.05) is 30.3 Å². The van der Waals surface area contributed by atoms with Gasteiger partial charge in [-0.05, 0) is 26.3 Å². The normalized spacial score (nSPS) is 12.4. The average molecular weight is 278 g/mol. The highest BCUT2D eigenvalue weighted by molar-refractivity contribution is 5.86. The number of benzene rings is 1. The molecular formula is C15H22N2O3. The van der Waals surface area contributed by atoms with Crippen molar-refractivity contribution in [2.75, 3.05) is 14.1 Å². The van der Waals surface area contributed by atoms with Gasteiger partial charge in [-0.3, -0.25) is 4.79 Å². The minimum Gasteiger partial charge on any atom is -0.444 e. The number of amides is 2. The van der Waals surface area contributed by atoms with Crippen molar-refractivity contribution >= 4 is 12.0 Å². The van der Waals surface area contributed by atoms with E-state index in [0.717, 1.165) is 5.56 Å². The van der Waals surface area contributed by atoms with E-state index in [1.54, 1.807) is 47.0 Å². The molecule has 0 heterocycles. The number of hydrogen-bond acceptors (Lipinski definition) is 3. The van der Waals surface area contributed by atoms with Gasteiger partial charge in [0.2, 0.25) is 5.91 Å². The van der Waals surface area contributed by atoms with E-state index in [-0.39, 0.29) is 5.91 Å². The SMILES string of the molecule is CN(C)C(=O)C(NC(=O)OC(C)(C)C)c1ccccc1. The van der Waals surface area contributed by atoms with Crippen molar-refractivity contribution in [2.45, 2.75) is 32.4 Å². The van der Waals surface area contributed by atoms with Crippen LogP contribution >= 0.6 is 0 Å². The number of hydrogen-bond donors (Lipinski definition) is 1. The molecule has 1 rings (SSSR count). The molecule has 5 heteroatoms. The van der Waals surface area contributed by atoms with Gasteiger partial charge < -0.3 is 15.0 Å². The maximum atomic E-state index is 12.2. The summed E-state index contributed by atoms with van der Waals surface area (Å²) in [5, 5.41) is 2.62.